The number of amides is 6. The van der Waals surface area contributed by atoms with Crippen LogP contribution >= 0.6 is 11.8 Å². The zero-order valence-electron chi connectivity index (χ0n) is 26.0. The van der Waals surface area contributed by atoms with Crippen LogP contribution in [0.5, 0.6) is 0 Å². The smallest absolute Gasteiger partial charge is 0.319 e. The van der Waals surface area contributed by atoms with Crippen LogP contribution < -0.4 is 27.0 Å². The van der Waals surface area contributed by atoms with Gasteiger partial charge in [-0.1, -0.05) is 47.6 Å². The highest BCUT2D eigenvalue weighted by Crippen LogP contribution is 2.26. The van der Waals surface area contributed by atoms with Crippen molar-refractivity contribution in [2.24, 2.45) is 16.6 Å². The van der Waals surface area contributed by atoms with Crippen molar-refractivity contribution in [2.75, 3.05) is 24.7 Å². The lowest BCUT2D eigenvalue weighted by Gasteiger charge is -2.31. The number of nitrogens with one attached hydrogen (secondary N) is 4. The van der Waals surface area contributed by atoms with Gasteiger partial charge in [-0.05, 0) is 54.5 Å². The Balaban J connectivity index is 2.12. The summed E-state index contributed by atoms with van der Waals surface area (Å²) in [6.07, 6.45) is 3.52. The molecule has 42 heavy (non-hydrogen) atoms. The Morgan fingerprint density at radius 2 is 1.71 bits per heavy atom. The van der Waals surface area contributed by atoms with Gasteiger partial charge < -0.3 is 31.9 Å². The Kier molecular flexibility index (Phi) is 12.7. The molecule has 1 aromatic rings. The average Bonchev–Trinajstić information content (AvgIpc) is 3.27. The monoisotopic (exact) mass is 604 g/mol. The summed E-state index contributed by atoms with van der Waals surface area (Å²) in [5.74, 6) is -1.58. The molecule has 1 saturated heterocycles. The molecule has 6 N–H and O–H groups in total. The van der Waals surface area contributed by atoms with Gasteiger partial charge in [-0.3, -0.25) is 19.2 Å². The second-order valence-electron chi connectivity index (χ2n) is 13.2. The van der Waals surface area contributed by atoms with E-state index in [9.17, 15) is 24.0 Å². The molecular formula is C30H48N6O5S. The fourth-order valence-corrected chi connectivity index (χ4v) is 5.22. The van der Waals surface area contributed by atoms with Crippen molar-refractivity contribution in [3.05, 3.63) is 24.3 Å². The molecular weight excluding hydrogens is 556 g/mol. The largest absolute Gasteiger partial charge is 0.368 e. The molecule has 0 spiro atoms. The van der Waals surface area contributed by atoms with Crippen molar-refractivity contribution >= 4 is 47.1 Å². The van der Waals surface area contributed by atoms with E-state index >= 15 is 0 Å². The van der Waals surface area contributed by atoms with Crippen LogP contribution in [0.2, 0.25) is 0 Å². The number of thioether (sulfide) groups is 1. The van der Waals surface area contributed by atoms with Gasteiger partial charge in [0.25, 0.3) is 0 Å². The van der Waals surface area contributed by atoms with Crippen LogP contribution in [0.1, 0.15) is 73.6 Å². The van der Waals surface area contributed by atoms with Crippen molar-refractivity contribution < 1.29 is 24.0 Å². The van der Waals surface area contributed by atoms with Crippen LogP contribution in [0, 0.1) is 10.8 Å². The number of benzene rings is 1. The number of likely N-dealkylation sites (tertiary alicyclic amines) is 1. The number of urea groups is 1. The van der Waals surface area contributed by atoms with E-state index in [-0.39, 0.29) is 42.0 Å². The predicted octanol–water partition coefficient (Wildman–Crippen LogP) is 3.24. The minimum absolute atomic E-state index is 0.0894. The fraction of sp³-hybridized carbons (Fsp3) is 0.633. The molecule has 0 aromatic heterocycles. The van der Waals surface area contributed by atoms with Gasteiger partial charge in [0.1, 0.15) is 12.1 Å². The van der Waals surface area contributed by atoms with Gasteiger partial charge in [-0.2, -0.15) is 0 Å². The van der Waals surface area contributed by atoms with Gasteiger partial charge in [0.15, 0.2) is 0 Å². The van der Waals surface area contributed by atoms with Crippen LogP contribution in [0.15, 0.2) is 29.2 Å². The highest BCUT2D eigenvalue weighted by Gasteiger charge is 2.44. The van der Waals surface area contributed by atoms with Crippen molar-refractivity contribution in [3.63, 3.8) is 0 Å². The van der Waals surface area contributed by atoms with Gasteiger partial charge in [0.2, 0.25) is 23.6 Å². The van der Waals surface area contributed by atoms with Crippen molar-refractivity contribution in [1.82, 2.24) is 20.9 Å². The molecule has 1 aromatic carbocycles. The number of primary amides is 1. The van der Waals surface area contributed by atoms with Crippen LogP contribution in [0.4, 0.5) is 10.5 Å². The Bertz CT molecular complexity index is 1130. The molecule has 1 fully saturated rings. The summed E-state index contributed by atoms with van der Waals surface area (Å²) in [7, 11) is 0. The highest BCUT2D eigenvalue weighted by molar-refractivity contribution is 7.98. The molecule has 1 heterocycles. The molecule has 2 rings (SSSR count). The van der Waals surface area contributed by atoms with E-state index in [1.165, 1.54) is 4.90 Å². The summed E-state index contributed by atoms with van der Waals surface area (Å²) in [5, 5.41) is 11.2. The second-order valence-corrected chi connectivity index (χ2v) is 14.1. The summed E-state index contributed by atoms with van der Waals surface area (Å²) in [6, 6.07) is 4.17. The maximum absolute atomic E-state index is 13.6. The van der Waals surface area contributed by atoms with Crippen molar-refractivity contribution in [3.8, 4) is 0 Å². The van der Waals surface area contributed by atoms with E-state index in [1.807, 2.05) is 66.0 Å². The van der Waals surface area contributed by atoms with Gasteiger partial charge >= 0.3 is 6.03 Å². The topological polar surface area (TPSA) is 163 Å². The number of hydrogen-bond donors (Lipinski definition) is 5. The molecule has 0 radical (unpaired) electrons. The average molecular weight is 605 g/mol. The second kappa shape index (κ2) is 15.3. The molecule has 0 bridgehead atoms. The molecule has 3 unspecified atom stereocenters. The first-order valence-electron chi connectivity index (χ1n) is 14.4. The lowest BCUT2D eigenvalue weighted by Crippen LogP contribution is -2.58. The molecule has 3 atom stereocenters. The Labute approximate surface area is 253 Å². The fourth-order valence-electron chi connectivity index (χ4n) is 4.76. The van der Waals surface area contributed by atoms with E-state index in [1.54, 1.807) is 17.8 Å². The highest BCUT2D eigenvalue weighted by atomic mass is 32.2. The molecule has 234 valence electrons. The SMILES string of the molecule is CSc1cccc(NC(=O)NC2CCN(C(=O)CC(C)(C)C)C2C(=O)NC(CCCNC(=O)CC(C)(C)C)C(N)=O)c1. The number of carbonyl (C=O) groups is 5. The first-order valence-corrected chi connectivity index (χ1v) is 15.6. The minimum atomic E-state index is -1.02. The zero-order chi connectivity index (χ0) is 31.7. The summed E-state index contributed by atoms with van der Waals surface area (Å²) in [5.41, 5.74) is 5.75. The molecule has 0 saturated carbocycles. The Hall–Kier alpha value is -3.28. The van der Waals surface area contributed by atoms with E-state index < -0.39 is 36.0 Å². The summed E-state index contributed by atoms with van der Waals surface area (Å²) in [6.45, 7) is 12.3. The lowest BCUT2D eigenvalue weighted by atomic mass is 9.91. The van der Waals surface area contributed by atoms with Crippen molar-refractivity contribution in [1.29, 1.82) is 0 Å². The number of carbonyl (C=O) groups excluding carboxylic acids is 5. The third kappa shape index (κ3) is 11.9. The summed E-state index contributed by atoms with van der Waals surface area (Å²) in [4.78, 5) is 66.6. The Morgan fingerprint density at radius 1 is 1.05 bits per heavy atom. The minimum Gasteiger partial charge on any atom is -0.368 e. The van der Waals surface area contributed by atoms with E-state index in [2.05, 4.69) is 21.3 Å². The van der Waals surface area contributed by atoms with Crippen molar-refractivity contribution in [2.45, 2.75) is 96.7 Å². The summed E-state index contributed by atoms with van der Waals surface area (Å²) < 4.78 is 0. The van der Waals surface area contributed by atoms with E-state index in [0.29, 0.717) is 31.5 Å². The molecule has 0 aliphatic carbocycles. The number of anilines is 1. The first kappa shape index (κ1) is 34.9. The summed E-state index contributed by atoms with van der Waals surface area (Å²) >= 11 is 1.55. The van der Waals surface area contributed by atoms with Crippen LogP contribution in [0.3, 0.4) is 0 Å². The molecule has 1 aliphatic rings. The lowest BCUT2D eigenvalue weighted by molar-refractivity contribution is -0.141. The number of hydrogen-bond acceptors (Lipinski definition) is 6. The molecule has 12 heteroatoms. The van der Waals surface area contributed by atoms with E-state index in [4.69, 9.17) is 5.73 Å². The number of rotatable bonds is 12. The third-order valence-corrected chi connectivity index (χ3v) is 7.38. The van der Waals surface area contributed by atoms with Crippen LogP contribution in [-0.2, 0) is 19.2 Å². The quantitative estimate of drug-likeness (QED) is 0.182. The van der Waals surface area contributed by atoms with Gasteiger partial charge in [0.05, 0.1) is 6.04 Å². The zero-order valence-corrected chi connectivity index (χ0v) is 26.8. The normalized spacial score (nSPS) is 17.7. The van der Waals surface area contributed by atoms with Crippen LogP contribution in [-0.4, -0.2) is 72.0 Å². The van der Waals surface area contributed by atoms with Gasteiger partial charge in [-0.25, -0.2) is 4.79 Å². The Morgan fingerprint density at radius 3 is 2.31 bits per heavy atom. The first-order chi connectivity index (χ1) is 19.5. The molecule has 6 amide bonds. The maximum atomic E-state index is 13.6. The predicted molar refractivity (Wildman–Crippen MR) is 166 cm³/mol. The maximum Gasteiger partial charge on any atom is 0.319 e. The third-order valence-electron chi connectivity index (χ3n) is 6.66. The van der Waals surface area contributed by atoms with Crippen LogP contribution in [0.25, 0.3) is 0 Å². The number of nitrogens with two attached hydrogens (primary N) is 1. The number of nitrogens with zero attached hydrogens (tertiary/aromatic N) is 1. The molecule has 11 nitrogen and oxygen atoms in total. The van der Waals surface area contributed by atoms with Gasteiger partial charge in [0, 0.05) is 36.5 Å². The standard InChI is InChI=1S/C30H48N6O5S/c1-29(2,3)17-23(37)32-14-9-12-22(26(31)39)34-27(40)25-21(13-15-36(25)24(38)18-30(4,5)6)35-28(41)33-19-10-8-11-20(16-19)42-7/h8,10-11,16,21-22,25H,9,12-15,17-18H2,1-7H3,(H2,31,39)(H,32,37)(H,34,40)(H2,33,35,41). The van der Waals surface area contributed by atoms with Gasteiger partial charge in [-0.15, -0.1) is 11.8 Å². The van der Waals surface area contributed by atoms with E-state index in [0.717, 1.165) is 4.90 Å². The molecule has 1 aliphatic heterocycles.